The Bertz CT molecular complexity index is 396. The molecule has 100 valence electrons. The van der Waals surface area contributed by atoms with Gasteiger partial charge in [0, 0.05) is 18.5 Å². The molecule has 3 N–H and O–H groups in total. The number of nitrogens with two attached hydrogens (primary N) is 1. The van der Waals surface area contributed by atoms with E-state index in [0.717, 1.165) is 0 Å². The Kier molecular flexibility index (Phi) is 5.61. The maximum atomic E-state index is 11.8. The van der Waals surface area contributed by atoms with E-state index in [1.807, 2.05) is 6.92 Å². The van der Waals surface area contributed by atoms with Gasteiger partial charge in [-0.3, -0.25) is 4.79 Å². The average molecular weight is 252 g/mol. The summed E-state index contributed by atoms with van der Waals surface area (Å²) in [4.78, 5) is 11.8. The SMILES string of the molecule is COCC(C)OC(C)C(=O)Nc1cccc(N)c1. The van der Waals surface area contributed by atoms with Crippen LogP contribution in [0.3, 0.4) is 0 Å². The fraction of sp³-hybridized carbons (Fsp3) is 0.462. The molecule has 0 heterocycles. The van der Waals surface area contributed by atoms with Gasteiger partial charge in [-0.1, -0.05) is 6.07 Å². The molecule has 0 spiro atoms. The first kappa shape index (κ1) is 14.5. The molecule has 5 nitrogen and oxygen atoms in total. The molecule has 0 saturated heterocycles. The quantitative estimate of drug-likeness (QED) is 0.755. The zero-order valence-electron chi connectivity index (χ0n) is 11.0. The van der Waals surface area contributed by atoms with Gasteiger partial charge in [-0.15, -0.1) is 0 Å². The van der Waals surface area contributed by atoms with Crippen LogP contribution < -0.4 is 11.1 Å². The minimum Gasteiger partial charge on any atom is -0.399 e. The smallest absolute Gasteiger partial charge is 0.253 e. The summed E-state index contributed by atoms with van der Waals surface area (Å²) in [5.74, 6) is -0.205. The fourth-order valence-corrected chi connectivity index (χ4v) is 1.54. The highest BCUT2D eigenvalue weighted by Crippen LogP contribution is 2.12. The van der Waals surface area contributed by atoms with Crippen LogP contribution in [0, 0.1) is 0 Å². The fourth-order valence-electron chi connectivity index (χ4n) is 1.54. The molecule has 18 heavy (non-hydrogen) atoms. The molecule has 0 fully saturated rings. The van der Waals surface area contributed by atoms with Gasteiger partial charge in [0.2, 0.25) is 0 Å². The molecular weight excluding hydrogens is 232 g/mol. The van der Waals surface area contributed by atoms with Crippen LogP contribution in [0.15, 0.2) is 24.3 Å². The molecule has 0 aliphatic carbocycles. The largest absolute Gasteiger partial charge is 0.399 e. The predicted molar refractivity (Wildman–Crippen MR) is 71.4 cm³/mol. The zero-order valence-corrected chi connectivity index (χ0v) is 11.0. The first-order valence-electron chi connectivity index (χ1n) is 5.83. The van der Waals surface area contributed by atoms with Gasteiger partial charge in [0.1, 0.15) is 6.10 Å². The number of anilines is 2. The number of carbonyl (C=O) groups is 1. The summed E-state index contributed by atoms with van der Waals surface area (Å²) >= 11 is 0. The maximum absolute atomic E-state index is 11.8. The summed E-state index contributed by atoms with van der Waals surface area (Å²) in [6, 6.07) is 7.02. The Balaban J connectivity index is 2.49. The number of amides is 1. The molecule has 2 atom stereocenters. The lowest BCUT2D eigenvalue weighted by atomic mass is 10.2. The summed E-state index contributed by atoms with van der Waals surface area (Å²) < 4.78 is 10.4. The van der Waals surface area contributed by atoms with E-state index in [2.05, 4.69) is 5.32 Å². The van der Waals surface area contributed by atoms with E-state index in [-0.39, 0.29) is 12.0 Å². The van der Waals surface area contributed by atoms with Crippen molar-refractivity contribution in [2.24, 2.45) is 0 Å². The first-order valence-corrected chi connectivity index (χ1v) is 5.83. The number of hydrogen-bond donors (Lipinski definition) is 2. The second-order valence-electron chi connectivity index (χ2n) is 4.16. The van der Waals surface area contributed by atoms with Crippen molar-refractivity contribution >= 4 is 17.3 Å². The van der Waals surface area contributed by atoms with Gasteiger partial charge in [-0.2, -0.15) is 0 Å². The molecule has 0 radical (unpaired) electrons. The number of hydrogen-bond acceptors (Lipinski definition) is 4. The van der Waals surface area contributed by atoms with Gasteiger partial charge in [0.05, 0.1) is 12.7 Å². The van der Waals surface area contributed by atoms with Gasteiger partial charge in [-0.05, 0) is 32.0 Å². The van der Waals surface area contributed by atoms with Crippen molar-refractivity contribution in [1.29, 1.82) is 0 Å². The van der Waals surface area contributed by atoms with Crippen LogP contribution in [0.25, 0.3) is 0 Å². The van der Waals surface area contributed by atoms with E-state index in [4.69, 9.17) is 15.2 Å². The van der Waals surface area contributed by atoms with E-state index in [1.165, 1.54) is 0 Å². The lowest BCUT2D eigenvalue weighted by molar-refractivity contribution is -0.131. The second kappa shape index (κ2) is 6.98. The van der Waals surface area contributed by atoms with Gasteiger partial charge in [0.15, 0.2) is 0 Å². The number of ether oxygens (including phenoxy) is 2. The van der Waals surface area contributed by atoms with Crippen molar-refractivity contribution in [3.63, 3.8) is 0 Å². The van der Waals surface area contributed by atoms with Crippen LogP contribution in [0.4, 0.5) is 11.4 Å². The van der Waals surface area contributed by atoms with E-state index in [1.54, 1.807) is 38.3 Å². The molecule has 2 unspecified atom stereocenters. The Labute approximate surface area is 107 Å². The van der Waals surface area contributed by atoms with E-state index in [9.17, 15) is 4.79 Å². The van der Waals surface area contributed by atoms with Gasteiger partial charge >= 0.3 is 0 Å². The van der Waals surface area contributed by atoms with E-state index < -0.39 is 6.10 Å². The highest BCUT2D eigenvalue weighted by molar-refractivity contribution is 5.94. The number of nitrogens with one attached hydrogen (secondary N) is 1. The Hall–Kier alpha value is -1.59. The Morgan fingerprint density at radius 1 is 1.44 bits per heavy atom. The molecule has 1 aromatic rings. The summed E-state index contributed by atoms with van der Waals surface area (Å²) in [6.07, 6.45) is -0.673. The first-order chi connectivity index (χ1) is 8.52. The third-order valence-electron chi connectivity index (χ3n) is 2.36. The van der Waals surface area contributed by atoms with Crippen LogP contribution in [-0.4, -0.2) is 31.8 Å². The summed E-state index contributed by atoms with van der Waals surface area (Å²) in [5, 5.41) is 2.75. The normalized spacial score (nSPS) is 13.9. The Morgan fingerprint density at radius 2 is 2.17 bits per heavy atom. The number of methoxy groups -OCH3 is 1. The van der Waals surface area contributed by atoms with E-state index >= 15 is 0 Å². The van der Waals surface area contributed by atoms with Crippen molar-refractivity contribution in [2.45, 2.75) is 26.1 Å². The third-order valence-corrected chi connectivity index (χ3v) is 2.36. The lowest BCUT2D eigenvalue weighted by Gasteiger charge is -2.18. The molecule has 0 bridgehead atoms. The average Bonchev–Trinajstić information content (AvgIpc) is 2.29. The van der Waals surface area contributed by atoms with Crippen molar-refractivity contribution in [2.75, 3.05) is 24.8 Å². The minimum atomic E-state index is -0.545. The standard InChI is InChI=1S/C13H20N2O3/c1-9(8-17-3)18-10(2)13(16)15-12-6-4-5-11(14)7-12/h4-7,9-10H,8,14H2,1-3H3,(H,15,16). The van der Waals surface area contributed by atoms with Crippen LogP contribution >= 0.6 is 0 Å². The maximum Gasteiger partial charge on any atom is 0.253 e. The number of rotatable bonds is 6. The molecule has 5 heteroatoms. The van der Waals surface area contributed by atoms with Gasteiger partial charge in [-0.25, -0.2) is 0 Å². The van der Waals surface area contributed by atoms with Gasteiger partial charge < -0.3 is 20.5 Å². The van der Waals surface area contributed by atoms with Crippen LogP contribution in [0.5, 0.6) is 0 Å². The predicted octanol–water partition coefficient (Wildman–Crippen LogP) is 1.65. The van der Waals surface area contributed by atoms with Crippen molar-refractivity contribution in [3.8, 4) is 0 Å². The third kappa shape index (κ3) is 4.73. The molecule has 0 aliphatic rings. The number of carbonyl (C=O) groups excluding carboxylic acids is 1. The van der Waals surface area contributed by atoms with Crippen molar-refractivity contribution in [1.82, 2.24) is 0 Å². The molecule has 1 aromatic carbocycles. The Morgan fingerprint density at radius 3 is 2.78 bits per heavy atom. The van der Waals surface area contributed by atoms with Crippen LogP contribution in [-0.2, 0) is 14.3 Å². The summed E-state index contributed by atoms with van der Waals surface area (Å²) in [5.41, 5.74) is 6.90. The van der Waals surface area contributed by atoms with Crippen molar-refractivity contribution in [3.05, 3.63) is 24.3 Å². The lowest BCUT2D eigenvalue weighted by Crippen LogP contribution is -2.32. The van der Waals surface area contributed by atoms with Crippen LogP contribution in [0.2, 0.25) is 0 Å². The monoisotopic (exact) mass is 252 g/mol. The molecular formula is C13H20N2O3. The summed E-state index contributed by atoms with van der Waals surface area (Å²) in [7, 11) is 1.59. The topological polar surface area (TPSA) is 73.6 Å². The summed E-state index contributed by atoms with van der Waals surface area (Å²) in [6.45, 7) is 4.01. The number of benzene rings is 1. The zero-order chi connectivity index (χ0) is 13.5. The highest BCUT2D eigenvalue weighted by atomic mass is 16.5. The second-order valence-corrected chi connectivity index (χ2v) is 4.16. The molecule has 1 amide bonds. The minimum absolute atomic E-state index is 0.128. The molecule has 0 aliphatic heterocycles. The number of nitrogen functional groups attached to an aromatic ring is 1. The van der Waals surface area contributed by atoms with Crippen LogP contribution in [0.1, 0.15) is 13.8 Å². The van der Waals surface area contributed by atoms with Crippen molar-refractivity contribution < 1.29 is 14.3 Å². The molecule has 1 rings (SSSR count). The van der Waals surface area contributed by atoms with E-state index in [0.29, 0.717) is 18.0 Å². The molecule has 0 saturated carbocycles. The molecule has 0 aromatic heterocycles. The highest BCUT2D eigenvalue weighted by Gasteiger charge is 2.16. The van der Waals surface area contributed by atoms with Gasteiger partial charge in [0.25, 0.3) is 5.91 Å².